The number of amides is 2. The monoisotopic (exact) mass is 315 g/mol. The Kier molecular flexibility index (Phi) is 5.51. The standard InChI is InChI=1S/C17H21N3O3/c1-12(2)15-9-14(19-23-15)11-20(3)16(21)10-18-17(22)13-7-5-4-6-8-13/h4-9,12H,10-11H2,1-3H3,(H,18,22). The fourth-order valence-electron chi connectivity index (χ4n) is 1.99. The highest BCUT2D eigenvalue weighted by Crippen LogP contribution is 2.15. The summed E-state index contributed by atoms with van der Waals surface area (Å²) < 4.78 is 5.21. The molecule has 2 aromatic rings. The van der Waals surface area contributed by atoms with E-state index in [-0.39, 0.29) is 24.3 Å². The van der Waals surface area contributed by atoms with E-state index >= 15 is 0 Å². The third kappa shape index (κ3) is 4.67. The number of hydrogen-bond acceptors (Lipinski definition) is 4. The van der Waals surface area contributed by atoms with Crippen LogP contribution in [0.15, 0.2) is 40.9 Å². The molecule has 0 fully saturated rings. The Morgan fingerprint density at radius 2 is 1.96 bits per heavy atom. The van der Waals surface area contributed by atoms with Crippen LogP contribution in [0.3, 0.4) is 0 Å². The summed E-state index contributed by atoms with van der Waals surface area (Å²) in [6, 6.07) is 10.6. The summed E-state index contributed by atoms with van der Waals surface area (Å²) in [7, 11) is 1.67. The molecular weight excluding hydrogens is 294 g/mol. The van der Waals surface area contributed by atoms with Gasteiger partial charge >= 0.3 is 0 Å². The smallest absolute Gasteiger partial charge is 0.251 e. The van der Waals surface area contributed by atoms with E-state index in [4.69, 9.17) is 4.52 Å². The number of rotatable bonds is 6. The van der Waals surface area contributed by atoms with Gasteiger partial charge in [0, 0.05) is 24.6 Å². The molecule has 122 valence electrons. The maximum atomic E-state index is 12.1. The van der Waals surface area contributed by atoms with E-state index in [1.54, 1.807) is 31.3 Å². The Morgan fingerprint density at radius 3 is 2.57 bits per heavy atom. The molecule has 0 spiro atoms. The van der Waals surface area contributed by atoms with Crippen molar-refractivity contribution in [3.05, 3.63) is 53.4 Å². The number of nitrogens with one attached hydrogen (secondary N) is 1. The Balaban J connectivity index is 1.84. The zero-order valence-corrected chi connectivity index (χ0v) is 13.6. The van der Waals surface area contributed by atoms with Crippen molar-refractivity contribution in [3.8, 4) is 0 Å². The molecular formula is C17H21N3O3. The van der Waals surface area contributed by atoms with Crippen LogP contribution in [-0.2, 0) is 11.3 Å². The van der Waals surface area contributed by atoms with Crippen molar-refractivity contribution < 1.29 is 14.1 Å². The van der Waals surface area contributed by atoms with Crippen LogP contribution in [0.2, 0.25) is 0 Å². The van der Waals surface area contributed by atoms with Gasteiger partial charge in [-0.3, -0.25) is 9.59 Å². The van der Waals surface area contributed by atoms with Crippen LogP contribution in [0.4, 0.5) is 0 Å². The molecule has 23 heavy (non-hydrogen) atoms. The first-order valence-electron chi connectivity index (χ1n) is 7.50. The molecule has 2 rings (SSSR count). The van der Waals surface area contributed by atoms with E-state index < -0.39 is 0 Å². The predicted octanol–water partition coefficient (Wildman–Crippen LogP) is 2.19. The third-order valence-corrected chi connectivity index (χ3v) is 3.41. The van der Waals surface area contributed by atoms with Crippen LogP contribution < -0.4 is 5.32 Å². The van der Waals surface area contributed by atoms with Gasteiger partial charge in [-0.2, -0.15) is 0 Å². The van der Waals surface area contributed by atoms with Gasteiger partial charge in [0.2, 0.25) is 5.91 Å². The zero-order valence-electron chi connectivity index (χ0n) is 13.6. The van der Waals surface area contributed by atoms with E-state index in [0.29, 0.717) is 17.8 Å². The first kappa shape index (κ1) is 16.7. The van der Waals surface area contributed by atoms with Gasteiger partial charge in [-0.15, -0.1) is 0 Å². The van der Waals surface area contributed by atoms with Gasteiger partial charge in [0.25, 0.3) is 5.91 Å². The minimum absolute atomic E-state index is 0.0564. The summed E-state index contributed by atoms with van der Waals surface area (Å²) in [5.74, 6) is 0.583. The molecule has 1 aromatic heterocycles. The van der Waals surface area contributed by atoms with Crippen molar-refractivity contribution in [2.75, 3.05) is 13.6 Å². The molecule has 0 saturated carbocycles. The van der Waals surface area contributed by atoms with Gasteiger partial charge < -0.3 is 14.7 Å². The van der Waals surface area contributed by atoms with Crippen molar-refractivity contribution in [2.24, 2.45) is 0 Å². The highest BCUT2D eigenvalue weighted by molar-refractivity contribution is 5.96. The van der Waals surface area contributed by atoms with Crippen LogP contribution in [0.1, 0.15) is 41.6 Å². The Morgan fingerprint density at radius 1 is 1.26 bits per heavy atom. The number of carbonyl (C=O) groups is 2. The minimum Gasteiger partial charge on any atom is -0.361 e. The lowest BCUT2D eigenvalue weighted by Gasteiger charge is -2.15. The van der Waals surface area contributed by atoms with Crippen LogP contribution in [0, 0.1) is 0 Å². The molecule has 1 heterocycles. The second kappa shape index (κ2) is 7.58. The quantitative estimate of drug-likeness (QED) is 0.886. The molecule has 0 aliphatic heterocycles. The number of nitrogens with zero attached hydrogens (tertiary/aromatic N) is 2. The van der Waals surface area contributed by atoms with E-state index in [1.807, 2.05) is 26.0 Å². The summed E-state index contributed by atoms with van der Waals surface area (Å²) in [6.45, 7) is 4.31. The minimum atomic E-state index is -0.268. The van der Waals surface area contributed by atoms with Gasteiger partial charge in [0.15, 0.2) is 0 Å². The number of aromatic nitrogens is 1. The summed E-state index contributed by atoms with van der Waals surface area (Å²) in [5.41, 5.74) is 1.22. The van der Waals surface area contributed by atoms with E-state index in [1.165, 1.54) is 4.90 Å². The van der Waals surface area contributed by atoms with Crippen molar-refractivity contribution in [3.63, 3.8) is 0 Å². The summed E-state index contributed by atoms with van der Waals surface area (Å²) >= 11 is 0. The second-order valence-corrected chi connectivity index (χ2v) is 5.67. The molecule has 6 heteroatoms. The summed E-state index contributed by atoms with van der Waals surface area (Å²) in [6.07, 6.45) is 0. The lowest BCUT2D eigenvalue weighted by molar-refractivity contribution is -0.129. The third-order valence-electron chi connectivity index (χ3n) is 3.41. The SMILES string of the molecule is CC(C)c1cc(CN(C)C(=O)CNC(=O)c2ccccc2)no1. The number of benzene rings is 1. The molecule has 0 atom stereocenters. The maximum Gasteiger partial charge on any atom is 0.251 e. The summed E-state index contributed by atoms with van der Waals surface area (Å²) in [4.78, 5) is 25.5. The first-order chi connectivity index (χ1) is 11.0. The summed E-state index contributed by atoms with van der Waals surface area (Å²) in [5, 5.41) is 6.56. The molecule has 1 aromatic carbocycles. The molecule has 0 radical (unpaired) electrons. The van der Waals surface area contributed by atoms with E-state index in [0.717, 1.165) is 5.76 Å². The molecule has 0 aliphatic rings. The molecule has 0 aliphatic carbocycles. The number of hydrogen-bond donors (Lipinski definition) is 1. The van der Waals surface area contributed by atoms with Gasteiger partial charge in [0.1, 0.15) is 11.5 Å². The Hall–Kier alpha value is -2.63. The average Bonchev–Trinajstić information content (AvgIpc) is 3.01. The second-order valence-electron chi connectivity index (χ2n) is 5.67. The highest BCUT2D eigenvalue weighted by Gasteiger charge is 2.14. The molecule has 0 unspecified atom stereocenters. The zero-order chi connectivity index (χ0) is 16.8. The fraction of sp³-hybridized carbons (Fsp3) is 0.353. The van der Waals surface area contributed by atoms with Gasteiger partial charge in [-0.05, 0) is 12.1 Å². The largest absolute Gasteiger partial charge is 0.361 e. The first-order valence-corrected chi connectivity index (χ1v) is 7.50. The van der Waals surface area contributed by atoms with Crippen molar-refractivity contribution >= 4 is 11.8 Å². The molecule has 1 N–H and O–H groups in total. The van der Waals surface area contributed by atoms with Crippen molar-refractivity contribution in [2.45, 2.75) is 26.3 Å². The van der Waals surface area contributed by atoms with E-state index in [9.17, 15) is 9.59 Å². The molecule has 0 bridgehead atoms. The van der Waals surface area contributed by atoms with Gasteiger partial charge in [-0.25, -0.2) is 0 Å². The van der Waals surface area contributed by atoms with Crippen LogP contribution >= 0.6 is 0 Å². The topological polar surface area (TPSA) is 75.4 Å². The fourth-order valence-corrected chi connectivity index (χ4v) is 1.99. The molecule has 2 amide bonds. The lowest BCUT2D eigenvalue weighted by Crippen LogP contribution is -2.37. The Bertz CT molecular complexity index is 665. The highest BCUT2D eigenvalue weighted by atomic mass is 16.5. The van der Waals surface area contributed by atoms with E-state index in [2.05, 4.69) is 10.5 Å². The van der Waals surface area contributed by atoms with Crippen molar-refractivity contribution in [1.82, 2.24) is 15.4 Å². The average molecular weight is 315 g/mol. The molecule has 6 nitrogen and oxygen atoms in total. The van der Waals surface area contributed by atoms with Crippen LogP contribution in [-0.4, -0.2) is 35.5 Å². The lowest BCUT2D eigenvalue weighted by atomic mass is 10.1. The molecule has 0 saturated heterocycles. The predicted molar refractivity (Wildman–Crippen MR) is 85.8 cm³/mol. The normalized spacial score (nSPS) is 10.6. The van der Waals surface area contributed by atoms with Crippen LogP contribution in [0.25, 0.3) is 0 Å². The van der Waals surface area contributed by atoms with Crippen molar-refractivity contribution in [1.29, 1.82) is 0 Å². The maximum absolute atomic E-state index is 12.1. The van der Waals surface area contributed by atoms with Crippen LogP contribution in [0.5, 0.6) is 0 Å². The van der Waals surface area contributed by atoms with Gasteiger partial charge in [-0.1, -0.05) is 37.2 Å². The number of carbonyl (C=O) groups excluding carboxylic acids is 2. The van der Waals surface area contributed by atoms with Gasteiger partial charge in [0.05, 0.1) is 13.1 Å². The number of likely N-dealkylation sites (N-methyl/N-ethyl adjacent to an activating group) is 1. The Labute approximate surface area is 135 Å².